The largest absolute Gasteiger partial charge is 0.476 e. The van der Waals surface area contributed by atoms with E-state index in [0.29, 0.717) is 24.5 Å². The van der Waals surface area contributed by atoms with Crippen molar-refractivity contribution in [3.63, 3.8) is 0 Å². The van der Waals surface area contributed by atoms with Gasteiger partial charge in [0.2, 0.25) is 0 Å². The van der Waals surface area contributed by atoms with Gasteiger partial charge in [-0.1, -0.05) is 0 Å². The smallest absolute Gasteiger partial charge is 0.354 e. The SMILES string of the molecule is CCOC(C)c1nc2c(c(C(=O)O)n1)CNCC2. The van der Waals surface area contributed by atoms with E-state index in [0.717, 1.165) is 18.7 Å². The molecule has 1 aromatic rings. The molecule has 18 heavy (non-hydrogen) atoms. The minimum Gasteiger partial charge on any atom is -0.476 e. The monoisotopic (exact) mass is 251 g/mol. The van der Waals surface area contributed by atoms with Crippen LogP contribution in [0.2, 0.25) is 0 Å². The summed E-state index contributed by atoms with van der Waals surface area (Å²) in [6, 6.07) is 0. The van der Waals surface area contributed by atoms with Crippen LogP contribution in [0.3, 0.4) is 0 Å². The van der Waals surface area contributed by atoms with Crippen LogP contribution in [0.5, 0.6) is 0 Å². The van der Waals surface area contributed by atoms with Gasteiger partial charge in [-0.15, -0.1) is 0 Å². The van der Waals surface area contributed by atoms with Crippen LogP contribution in [-0.4, -0.2) is 34.2 Å². The van der Waals surface area contributed by atoms with Gasteiger partial charge < -0.3 is 15.2 Å². The maximum atomic E-state index is 11.2. The summed E-state index contributed by atoms with van der Waals surface area (Å²) in [7, 11) is 0. The van der Waals surface area contributed by atoms with Crippen LogP contribution in [-0.2, 0) is 17.7 Å². The lowest BCUT2D eigenvalue weighted by Crippen LogP contribution is -2.28. The molecule has 2 heterocycles. The minimum atomic E-state index is -1.01. The average molecular weight is 251 g/mol. The second-order valence-electron chi connectivity index (χ2n) is 4.19. The molecular formula is C12H17N3O3. The van der Waals surface area contributed by atoms with Gasteiger partial charge in [0.05, 0.1) is 5.69 Å². The number of fused-ring (bicyclic) bond motifs is 1. The molecule has 1 unspecified atom stereocenters. The standard InChI is InChI=1S/C12H17N3O3/c1-3-18-7(2)11-14-9-4-5-13-6-8(9)10(15-11)12(16)17/h7,13H,3-6H2,1-2H3,(H,16,17). The van der Waals surface area contributed by atoms with Gasteiger partial charge in [0.25, 0.3) is 0 Å². The van der Waals surface area contributed by atoms with Crippen molar-refractivity contribution in [2.75, 3.05) is 13.2 Å². The number of ether oxygens (including phenoxy) is 1. The van der Waals surface area contributed by atoms with E-state index in [9.17, 15) is 9.90 Å². The molecule has 0 radical (unpaired) electrons. The van der Waals surface area contributed by atoms with Crippen molar-refractivity contribution >= 4 is 5.97 Å². The van der Waals surface area contributed by atoms with Crippen LogP contribution < -0.4 is 5.32 Å². The molecule has 98 valence electrons. The Hall–Kier alpha value is -1.53. The molecule has 1 aliphatic rings. The van der Waals surface area contributed by atoms with Gasteiger partial charge in [0.15, 0.2) is 11.5 Å². The van der Waals surface area contributed by atoms with E-state index < -0.39 is 5.97 Å². The van der Waals surface area contributed by atoms with Gasteiger partial charge in [-0.3, -0.25) is 0 Å². The highest BCUT2D eigenvalue weighted by molar-refractivity contribution is 5.87. The highest BCUT2D eigenvalue weighted by Gasteiger charge is 2.23. The molecule has 0 aromatic carbocycles. The number of hydrogen-bond acceptors (Lipinski definition) is 5. The van der Waals surface area contributed by atoms with Crippen molar-refractivity contribution < 1.29 is 14.6 Å². The summed E-state index contributed by atoms with van der Waals surface area (Å²) in [4.78, 5) is 19.8. The van der Waals surface area contributed by atoms with E-state index in [1.165, 1.54) is 0 Å². The zero-order chi connectivity index (χ0) is 13.1. The lowest BCUT2D eigenvalue weighted by molar-refractivity contribution is 0.0657. The Kier molecular flexibility index (Phi) is 3.88. The number of carboxylic acids is 1. The third kappa shape index (κ3) is 2.49. The Labute approximate surface area is 105 Å². The minimum absolute atomic E-state index is 0.0914. The van der Waals surface area contributed by atoms with E-state index in [-0.39, 0.29) is 11.8 Å². The van der Waals surface area contributed by atoms with Gasteiger partial charge in [-0.2, -0.15) is 0 Å². The highest BCUT2D eigenvalue weighted by atomic mass is 16.5. The maximum Gasteiger partial charge on any atom is 0.354 e. The first-order valence-corrected chi connectivity index (χ1v) is 6.08. The molecular weight excluding hydrogens is 234 g/mol. The average Bonchev–Trinajstić information content (AvgIpc) is 2.37. The number of carboxylic acid groups (broad SMARTS) is 1. The van der Waals surface area contributed by atoms with Gasteiger partial charge in [-0.25, -0.2) is 14.8 Å². The zero-order valence-corrected chi connectivity index (χ0v) is 10.6. The third-order valence-electron chi connectivity index (χ3n) is 2.93. The van der Waals surface area contributed by atoms with Gasteiger partial charge >= 0.3 is 5.97 Å². The number of nitrogens with zero attached hydrogens (tertiary/aromatic N) is 2. The van der Waals surface area contributed by atoms with E-state index >= 15 is 0 Å². The number of rotatable bonds is 4. The molecule has 0 spiro atoms. The van der Waals surface area contributed by atoms with Crippen LogP contribution in [0, 0.1) is 0 Å². The summed E-state index contributed by atoms with van der Waals surface area (Å²) < 4.78 is 5.42. The number of aromatic carboxylic acids is 1. The fraction of sp³-hybridized carbons (Fsp3) is 0.583. The van der Waals surface area contributed by atoms with Crippen molar-refractivity contribution in [1.29, 1.82) is 0 Å². The van der Waals surface area contributed by atoms with Gasteiger partial charge in [0, 0.05) is 31.7 Å². The second kappa shape index (κ2) is 5.41. The first-order valence-electron chi connectivity index (χ1n) is 6.08. The number of aromatic nitrogens is 2. The van der Waals surface area contributed by atoms with E-state index in [2.05, 4.69) is 15.3 Å². The van der Waals surface area contributed by atoms with Crippen molar-refractivity contribution in [2.45, 2.75) is 32.9 Å². The second-order valence-corrected chi connectivity index (χ2v) is 4.19. The molecule has 2 N–H and O–H groups in total. The molecule has 0 fully saturated rings. The fourth-order valence-electron chi connectivity index (χ4n) is 2.05. The topological polar surface area (TPSA) is 84.3 Å². The van der Waals surface area contributed by atoms with Crippen LogP contribution in [0.15, 0.2) is 0 Å². The molecule has 0 aliphatic carbocycles. The van der Waals surface area contributed by atoms with Gasteiger partial charge in [0.1, 0.15) is 6.10 Å². The first-order chi connectivity index (χ1) is 8.63. The Morgan fingerprint density at radius 1 is 1.56 bits per heavy atom. The summed E-state index contributed by atoms with van der Waals surface area (Å²) in [6.07, 6.45) is 0.442. The van der Waals surface area contributed by atoms with E-state index in [1.54, 1.807) is 0 Å². The summed E-state index contributed by atoms with van der Waals surface area (Å²) in [5.41, 5.74) is 1.61. The molecule has 1 aliphatic heterocycles. The Morgan fingerprint density at radius 3 is 3.00 bits per heavy atom. The molecule has 6 nitrogen and oxygen atoms in total. The van der Waals surface area contributed by atoms with Crippen LogP contribution in [0.1, 0.15) is 47.5 Å². The Bertz CT molecular complexity index is 462. The number of nitrogens with one attached hydrogen (secondary N) is 1. The molecule has 1 aromatic heterocycles. The number of hydrogen-bond donors (Lipinski definition) is 2. The molecule has 0 amide bonds. The Morgan fingerprint density at radius 2 is 2.33 bits per heavy atom. The van der Waals surface area contributed by atoms with Gasteiger partial charge in [-0.05, 0) is 13.8 Å². The third-order valence-corrected chi connectivity index (χ3v) is 2.93. The summed E-state index contributed by atoms with van der Waals surface area (Å²) >= 11 is 0. The van der Waals surface area contributed by atoms with Crippen molar-refractivity contribution in [3.8, 4) is 0 Å². The molecule has 2 rings (SSSR count). The lowest BCUT2D eigenvalue weighted by Gasteiger charge is -2.20. The number of carbonyl (C=O) groups is 1. The van der Waals surface area contributed by atoms with Crippen LogP contribution in [0.25, 0.3) is 0 Å². The Balaban J connectivity index is 2.44. The van der Waals surface area contributed by atoms with Crippen molar-refractivity contribution in [3.05, 3.63) is 22.8 Å². The first kappa shape index (κ1) is 12.9. The lowest BCUT2D eigenvalue weighted by atomic mass is 10.0. The summed E-state index contributed by atoms with van der Waals surface area (Å²) in [5, 5.41) is 12.4. The van der Waals surface area contributed by atoms with Crippen molar-refractivity contribution in [2.24, 2.45) is 0 Å². The van der Waals surface area contributed by atoms with Crippen LogP contribution >= 0.6 is 0 Å². The highest BCUT2D eigenvalue weighted by Crippen LogP contribution is 2.20. The molecule has 0 saturated carbocycles. The normalized spacial score (nSPS) is 16.1. The summed E-state index contributed by atoms with van der Waals surface area (Å²) in [6.45, 7) is 5.59. The predicted octanol–water partition coefficient (Wildman–Crippen LogP) is 0.918. The van der Waals surface area contributed by atoms with E-state index in [1.807, 2.05) is 13.8 Å². The fourth-order valence-corrected chi connectivity index (χ4v) is 2.05. The predicted molar refractivity (Wildman–Crippen MR) is 64.4 cm³/mol. The van der Waals surface area contributed by atoms with E-state index in [4.69, 9.17) is 4.74 Å². The zero-order valence-electron chi connectivity index (χ0n) is 10.6. The summed E-state index contributed by atoms with van der Waals surface area (Å²) in [5.74, 6) is -0.558. The molecule has 1 atom stereocenters. The van der Waals surface area contributed by atoms with Crippen LogP contribution in [0.4, 0.5) is 0 Å². The molecule has 0 bridgehead atoms. The molecule has 0 saturated heterocycles. The van der Waals surface area contributed by atoms with Crippen molar-refractivity contribution in [1.82, 2.24) is 15.3 Å². The molecule has 6 heteroatoms. The quantitative estimate of drug-likeness (QED) is 0.827. The maximum absolute atomic E-state index is 11.2.